The molecular formula is C5H2Br2Cl4O. The Balaban J connectivity index is 3.19. The third kappa shape index (κ3) is 1.45. The van der Waals surface area contributed by atoms with Crippen LogP contribution in [0.15, 0.2) is 0 Å². The van der Waals surface area contributed by atoms with Crippen molar-refractivity contribution in [1.29, 1.82) is 0 Å². The van der Waals surface area contributed by atoms with E-state index >= 15 is 0 Å². The minimum atomic E-state index is -1.58. The Labute approximate surface area is 106 Å². The largest absolute Gasteiger partial charge is 0.297 e. The first-order valence-electron chi connectivity index (χ1n) is 2.80. The van der Waals surface area contributed by atoms with Crippen LogP contribution in [0.4, 0.5) is 0 Å². The monoisotopic (exact) mass is 376 g/mol. The van der Waals surface area contributed by atoms with Crippen LogP contribution in [0.1, 0.15) is 6.42 Å². The number of rotatable bonds is 0. The highest BCUT2D eigenvalue weighted by atomic mass is 79.9. The van der Waals surface area contributed by atoms with Gasteiger partial charge in [0.15, 0.2) is 17.7 Å². The van der Waals surface area contributed by atoms with Crippen LogP contribution in [0.2, 0.25) is 0 Å². The van der Waals surface area contributed by atoms with Gasteiger partial charge >= 0.3 is 0 Å². The molecule has 70 valence electrons. The Morgan fingerprint density at radius 3 is 1.67 bits per heavy atom. The molecule has 0 aromatic heterocycles. The van der Waals surface area contributed by atoms with E-state index in [2.05, 4.69) is 31.9 Å². The molecule has 0 aromatic carbocycles. The van der Waals surface area contributed by atoms with Crippen LogP contribution in [-0.4, -0.2) is 17.7 Å². The molecule has 0 aliphatic heterocycles. The van der Waals surface area contributed by atoms with Crippen LogP contribution < -0.4 is 0 Å². The molecule has 1 nitrogen and oxygen atoms in total. The van der Waals surface area contributed by atoms with Crippen molar-refractivity contribution >= 4 is 84.0 Å². The van der Waals surface area contributed by atoms with Crippen molar-refractivity contribution in [3.8, 4) is 0 Å². The first-order chi connectivity index (χ1) is 5.13. The Kier molecular flexibility index (Phi) is 3.11. The smallest absolute Gasteiger partial charge is 0.183 e. The van der Waals surface area contributed by atoms with E-state index in [1.165, 1.54) is 0 Å². The zero-order valence-corrected chi connectivity index (χ0v) is 11.6. The minimum Gasteiger partial charge on any atom is -0.297 e. The second kappa shape index (κ2) is 3.14. The van der Waals surface area contributed by atoms with Crippen molar-refractivity contribution in [3.63, 3.8) is 0 Å². The fraction of sp³-hybridized carbons (Fsp3) is 0.800. The summed E-state index contributed by atoms with van der Waals surface area (Å²) in [5.41, 5.74) is 0. The molecule has 0 aromatic rings. The topological polar surface area (TPSA) is 17.1 Å². The van der Waals surface area contributed by atoms with Crippen molar-refractivity contribution in [3.05, 3.63) is 0 Å². The second-order valence-electron chi connectivity index (χ2n) is 2.45. The molecule has 0 heterocycles. The van der Waals surface area contributed by atoms with Gasteiger partial charge in [0.05, 0.1) is 0 Å². The number of ketones is 1. The van der Waals surface area contributed by atoms with Gasteiger partial charge < -0.3 is 0 Å². The highest BCUT2D eigenvalue weighted by molar-refractivity contribution is 9.26. The summed E-state index contributed by atoms with van der Waals surface area (Å²) in [5, 5.41) is 0. The maximum Gasteiger partial charge on any atom is 0.183 e. The number of carbonyl (C=O) groups is 1. The lowest BCUT2D eigenvalue weighted by Gasteiger charge is -2.30. The maximum atomic E-state index is 11.3. The molecule has 0 N–H and O–H groups in total. The van der Waals surface area contributed by atoms with Crippen LogP contribution in [0, 0.1) is 0 Å². The van der Waals surface area contributed by atoms with E-state index in [0.717, 1.165) is 0 Å². The van der Waals surface area contributed by atoms with Crippen LogP contribution >= 0.6 is 78.3 Å². The van der Waals surface area contributed by atoms with Gasteiger partial charge in [-0.1, -0.05) is 78.3 Å². The zero-order valence-electron chi connectivity index (χ0n) is 5.38. The average molecular weight is 380 g/mol. The summed E-state index contributed by atoms with van der Waals surface area (Å²) in [6.07, 6.45) is -0.0976. The molecule has 12 heavy (non-hydrogen) atoms. The highest BCUT2D eigenvalue weighted by Crippen LogP contribution is 2.63. The maximum absolute atomic E-state index is 11.3. The van der Waals surface area contributed by atoms with Crippen LogP contribution in [0.5, 0.6) is 0 Å². The Morgan fingerprint density at radius 1 is 1.17 bits per heavy atom. The van der Waals surface area contributed by atoms with Crippen LogP contribution in [0.25, 0.3) is 0 Å². The molecule has 1 fully saturated rings. The number of Topliss-reactive ketones (excluding diaryl/α,β-unsaturated/α-hetero) is 1. The van der Waals surface area contributed by atoms with Gasteiger partial charge in [-0.05, 0) is 0 Å². The van der Waals surface area contributed by atoms with Gasteiger partial charge in [0, 0.05) is 6.42 Å². The lowest BCUT2D eigenvalue weighted by molar-refractivity contribution is -0.117. The van der Waals surface area contributed by atoms with Crippen molar-refractivity contribution in [2.24, 2.45) is 0 Å². The van der Waals surface area contributed by atoms with E-state index in [9.17, 15) is 4.79 Å². The zero-order chi connectivity index (χ0) is 9.78. The predicted octanol–water partition coefficient (Wildman–Crippen LogP) is 3.79. The molecule has 1 rings (SSSR count). The summed E-state index contributed by atoms with van der Waals surface area (Å²) in [7, 11) is 0. The van der Waals surface area contributed by atoms with Crippen molar-refractivity contribution in [1.82, 2.24) is 0 Å². The van der Waals surface area contributed by atoms with E-state index in [4.69, 9.17) is 46.4 Å². The molecule has 1 aliphatic carbocycles. The highest BCUT2D eigenvalue weighted by Gasteiger charge is 2.69. The molecule has 0 radical (unpaired) electrons. The third-order valence-corrected chi connectivity index (χ3v) is 7.01. The predicted molar refractivity (Wildman–Crippen MR) is 59.1 cm³/mol. The quantitative estimate of drug-likeness (QED) is 0.585. The van der Waals surface area contributed by atoms with Gasteiger partial charge in [0.1, 0.15) is 0 Å². The van der Waals surface area contributed by atoms with Gasteiger partial charge in [0.2, 0.25) is 0 Å². The minimum absolute atomic E-state index is 0.0976. The molecule has 0 unspecified atom stereocenters. The average Bonchev–Trinajstić information content (AvgIpc) is 1.92. The Hall–Kier alpha value is 1.79. The van der Waals surface area contributed by atoms with Crippen LogP contribution in [-0.2, 0) is 4.79 Å². The van der Waals surface area contributed by atoms with Crippen molar-refractivity contribution in [2.75, 3.05) is 0 Å². The Morgan fingerprint density at radius 2 is 1.58 bits per heavy atom. The van der Waals surface area contributed by atoms with Gasteiger partial charge in [-0.25, -0.2) is 0 Å². The fourth-order valence-corrected chi connectivity index (χ4v) is 3.11. The Bertz CT molecular complexity index is 238. The molecule has 0 atom stereocenters. The second-order valence-corrected chi connectivity index (χ2v) is 8.71. The molecule has 0 amide bonds. The van der Waals surface area contributed by atoms with E-state index in [1.54, 1.807) is 0 Å². The standard InChI is InChI=1S/C5H2Br2Cl4O/c6-4(7)2(12)1-3(8,9)5(4,10)11/h1H2. The summed E-state index contributed by atoms with van der Waals surface area (Å²) >= 11 is 29.3. The molecule has 1 aliphatic rings. The van der Waals surface area contributed by atoms with Crippen molar-refractivity contribution < 1.29 is 4.79 Å². The number of hydrogen-bond acceptors (Lipinski definition) is 1. The van der Waals surface area contributed by atoms with Gasteiger partial charge in [0.25, 0.3) is 0 Å². The number of carbonyl (C=O) groups excluding carboxylic acids is 1. The lowest BCUT2D eigenvalue weighted by Crippen LogP contribution is -2.42. The fourth-order valence-electron chi connectivity index (χ4n) is 0.828. The van der Waals surface area contributed by atoms with Crippen molar-refractivity contribution in [2.45, 2.75) is 18.3 Å². The van der Waals surface area contributed by atoms with E-state index in [0.29, 0.717) is 0 Å². The number of halogens is 6. The van der Waals surface area contributed by atoms with Gasteiger partial charge in [-0.2, -0.15) is 0 Å². The summed E-state index contributed by atoms with van der Waals surface area (Å²) < 4.78 is -4.32. The van der Waals surface area contributed by atoms with E-state index in [-0.39, 0.29) is 12.2 Å². The molecular weight excluding hydrogens is 378 g/mol. The van der Waals surface area contributed by atoms with E-state index in [1.807, 2.05) is 0 Å². The van der Waals surface area contributed by atoms with Gasteiger partial charge in [-0.15, -0.1) is 0 Å². The normalized spacial score (nSPS) is 30.7. The third-order valence-electron chi connectivity index (χ3n) is 1.59. The van der Waals surface area contributed by atoms with Crippen LogP contribution in [0.3, 0.4) is 0 Å². The first-order valence-corrected chi connectivity index (χ1v) is 5.89. The number of hydrogen-bond donors (Lipinski definition) is 0. The molecule has 7 heteroatoms. The summed E-state index contributed by atoms with van der Waals surface area (Å²) in [4.78, 5) is 11.3. The SMILES string of the molecule is O=C1CC(Cl)(Cl)C(Cl)(Cl)C1(Br)Br. The summed E-state index contributed by atoms with van der Waals surface area (Å²) in [6, 6.07) is 0. The number of alkyl halides is 6. The molecule has 0 bridgehead atoms. The lowest BCUT2D eigenvalue weighted by atomic mass is 10.3. The molecule has 1 saturated carbocycles. The van der Waals surface area contributed by atoms with Gasteiger partial charge in [-0.3, -0.25) is 4.79 Å². The first kappa shape index (κ1) is 11.9. The molecule has 0 saturated heterocycles. The molecule has 0 spiro atoms. The van der Waals surface area contributed by atoms with E-state index < -0.39 is 11.9 Å². The summed E-state index contributed by atoms with van der Waals surface area (Å²) in [5.74, 6) is -0.280. The summed E-state index contributed by atoms with van der Waals surface area (Å²) in [6.45, 7) is 0.